The Balaban J connectivity index is 1.90. The highest BCUT2D eigenvalue weighted by atomic mass is 35.5. The summed E-state index contributed by atoms with van der Waals surface area (Å²) in [5, 5.41) is 4.17. The number of rotatable bonds is 4. The summed E-state index contributed by atoms with van der Waals surface area (Å²) in [5.41, 5.74) is 3.69. The van der Waals surface area contributed by atoms with Gasteiger partial charge in [-0.05, 0) is 41.8 Å². The van der Waals surface area contributed by atoms with Crippen LogP contribution in [0.3, 0.4) is 0 Å². The number of aryl methyl sites for hydroxylation is 1. The van der Waals surface area contributed by atoms with Crippen LogP contribution < -0.4 is 5.32 Å². The van der Waals surface area contributed by atoms with Crippen molar-refractivity contribution in [3.8, 4) is 0 Å². The summed E-state index contributed by atoms with van der Waals surface area (Å²) >= 11 is 5.93. The molecule has 1 heterocycles. The fourth-order valence-corrected chi connectivity index (χ4v) is 1.88. The standard InChI is InChI=1S/C14H15ClN2/c1-11-5-6-16-9-13(11)10-17-8-12-3-2-4-14(15)7-12/h2-7,9,17H,8,10H2,1H3. The van der Waals surface area contributed by atoms with Gasteiger partial charge in [0, 0.05) is 30.5 Å². The van der Waals surface area contributed by atoms with Crippen LogP contribution in [0.25, 0.3) is 0 Å². The number of hydrogen-bond donors (Lipinski definition) is 1. The number of nitrogens with zero attached hydrogens (tertiary/aromatic N) is 1. The van der Waals surface area contributed by atoms with Crippen LogP contribution in [0, 0.1) is 6.92 Å². The van der Waals surface area contributed by atoms with Crippen LogP contribution in [0.15, 0.2) is 42.7 Å². The van der Waals surface area contributed by atoms with Crippen molar-refractivity contribution in [1.82, 2.24) is 10.3 Å². The molecule has 3 heteroatoms. The average molecular weight is 247 g/mol. The van der Waals surface area contributed by atoms with E-state index in [4.69, 9.17) is 11.6 Å². The van der Waals surface area contributed by atoms with Gasteiger partial charge in [-0.25, -0.2) is 0 Å². The minimum atomic E-state index is 0.779. The molecule has 0 bridgehead atoms. The summed E-state index contributed by atoms with van der Waals surface area (Å²) in [5.74, 6) is 0. The van der Waals surface area contributed by atoms with Crippen molar-refractivity contribution in [1.29, 1.82) is 0 Å². The van der Waals surface area contributed by atoms with E-state index < -0.39 is 0 Å². The summed E-state index contributed by atoms with van der Waals surface area (Å²) in [4.78, 5) is 4.12. The second kappa shape index (κ2) is 5.80. The van der Waals surface area contributed by atoms with E-state index >= 15 is 0 Å². The van der Waals surface area contributed by atoms with Crippen molar-refractivity contribution in [2.75, 3.05) is 0 Å². The summed E-state index contributed by atoms with van der Waals surface area (Å²) < 4.78 is 0. The molecule has 0 saturated carbocycles. The maximum absolute atomic E-state index is 5.93. The quantitative estimate of drug-likeness (QED) is 0.895. The van der Waals surface area contributed by atoms with Crippen LogP contribution in [0.1, 0.15) is 16.7 Å². The molecule has 1 N–H and O–H groups in total. The number of aromatic nitrogens is 1. The monoisotopic (exact) mass is 246 g/mol. The summed E-state index contributed by atoms with van der Waals surface area (Å²) in [6.45, 7) is 3.74. The number of benzene rings is 1. The van der Waals surface area contributed by atoms with Gasteiger partial charge in [-0.15, -0.1) is 0 Å². The summed E-state index contributed by atoms with van der Waals surface area (Å²) in [6.07, 6.45) is 3.72. The van der Waals surface area contributed by atoms with Crippen LogP contribution in [0.2, 0.25) is 5.02 Å². The van der Waals surface area contributed by atoms with Crippen LogP contribution in [0.5, 0.6) is 0 Å². The first kappa shape index (κ1) is 12.1. The van der Waals surface area contributed by atoms with Crippen molar-refractivity contribution in [3.05, 3.63) is 64.4 Å². The summed E-state index contributed by atoms with van der Waals surface area (Å²) in [6, 6.07) is 9.92. The van der Waals surface area contributed by atoms with E-state index in [1.807, 2.05) is 36.7 Å². The first-order valence-electron chi connectivity index (χ1n) is 5.60. The van der Waals surface area contributed by atoms with E-state index in [-0.39, 0.29) is 0 Å². The van der Waals surface area contributed by atoms with Gasteiger partial charge in [-0.1, -0.05) is 23.7 Å². The maximum Gasteiger partial charge on any atom is 0.0409 e. The predicted molar refractivity (Wildman–Crippen MR) is 71.0 cm³/mol. The van der Waals surface area contributed by atoms with Crippen molar-refractivity contribution >= 4 is 11.6 Å². The number of pyridine rings is 1. The molecule has 0 saturated heterocycles. The molecule has 2 aromatic rings. The van der Waals surface area contributed by atoms with Gasteiger partial charge in [-0.3, -0.25) is 4.98 Å². The van der Waals surface area contributed by atoms with Crippen LogP contribution in [-0.4, -0.2) is 4.98 Å². The Morgan fingerprint density at radius 3 is 2.88 bits per heavy atom. The Kier molecular flexibility index (Phi) is 4.13. The molecule has 0 amide bonds. The molecule has 0 spiro atoms. The smallest absolute Gasteiger partial charge is 0.0409 e. The van der Waals surface area contributed by atoms with E-state index in [1.54, 1.807) is 0 Å². The lowest BCUT2D eigenvalue weighted by molar-refractivity contribution is 0.688. The molecular formula is C14H15ClN2. The van der Waals surface area contributed by atoms with Crippen LogP contribution in [0.4, 0.5) is 0 Å². The number of nitrogens with one attached hydrogen (secondary N) is 1. The zero-order valence-corrected chi connectivity index (χ0v) is 10.5. The van der Waals surface area contributed by atoms with Crippen molar-refractivity contribution in [2.24, 2.45) is 0 Å². The third-order valence-corrected chi connectivity index (χ3v) is 2.92. The Morgan fingerprint density at radius 1 is 1.24 bits per heavy atom. The molecule has 0 aliphatic rings. The minimum absolute atomic E-state index is 0.779. The van der Waals surface area contributed by atoms with E-state index in [1.165, 1.54) is 16.7 Å². The SMILES string of the molecule is Cc1ccncc1CNCc1cccc(Cl)c1. The Hall–Kier alpha value is -1.38. The van der Waals surface area contributed by atoms with E-state index in [2.05, 4.69) is 23.3 Å². The van der Waals surface area contributed by atoms with Crippen molar-refractivity contribution in [3.63, 3.8) is 0 Å². The summed E-state index contributed by atoms with van der Waals surface area (Å²) in [7, 11) is 0. The lowest BCUT2D eigenvalue weighted by Crippen LogP contribution is -2.13. The normalized spacial score (nSPS) is 10.5. The highest BCUT2D eigenvalue weighted by Crippen LogP contribution is 2.11. The lowest BCUT2D eigenvalue weighted by Gasteiger charge is -2.07. The minimum Gasteiger partial charge on any atom is -0.309 e. The Labute approximate surface area is 107 Å². The predicted octanol–water partition coefficient (Wildman–Crippen LogP) is 3.33. The highest BCUT2D eigenvalue weighted by Gasteiger charge is 1.98. The molecule has 0 fully saturated rings. The van der Waals surface area contributed by atoms with Gasteiger partial charge in [0.25, 0.3) is 0 Å². The maximum atomic E-state index is 5.93. The van der Waals surface area contributed by atoms with Gasteiger partial charge in [0.15, 0.2) is 0 Å². The first-order chi connectivity index (χ1) is 8.25. The van der Waals surface area contributed by atoms with Gasteiger partial charge >= 0.3 is 0 Å². The van der Waals surface area contributed by atoms with Gasteiger partial charge in [0.2, 0.25) is 0 Å². The molecule has 2 nitrogen and oxygen atoms in total. The van der Waals surface area contributed by atoms with Gasteiger partial charge < -0.3 is 5.32 Å². The van der Waals surface area contributed by atoms with Crippen LogP contribution >= 0.6 is 11.6 Å². The van der Waals surface area contributed by atoms with Crippen molar-refractivity contribution in [2.45, 2.75) is 20.0 Å². The molecule has 1 aromatic heterocycles. The molecule has 0 aliphatic carbocycles. The molecule has 17 heavy (non-hydrogen) atoms. The topological polar surface area (TPSA) is 24.9 Å². The molecule has 0 unspecified atom stereocenters. The average Bonchev–Trinajstić information content (AvgIpc) is 2.32. The Bertz CT molecular complexity index is 497. The molecule has 88 valence electrons. The molecule has 1 aromatic carbocycles. The second-order valence-corrected chi connectivity index (χ2v) is 4.47. The van der Waals surface area contributed by atoms with Gasteiger partial charge in [0.1, 0.15) is 0 Å². The van der Waals surface area contributed by atoms with E-state index in [9.17, 15) is 0 Å². The van der Waals surface area contributed by atoms with Gasteiger partial charge in [0.05, 0.1) is 0 Å². The Morgan fingerprint density at radius 2 is 2.12 bits per heavy atom. The second-order valence-electron chi connectivity index (χ2n) is 4.04. The van der Waals surface area contributed by atoms with Crippen LogP contribution in [-0.2, 0) is 13.1 Å². The molecule has 0 radical (unpaired) electrons. The zero-order chi connectivity index (χ0) is 12.1. The zero-order valence-electron chi connectivity index (χ0n) is 9.78. The lowest BCUT2D eigenvalue weighted by atomic mass is 10.1. The molecule has 0 aliphatic heterocycles. The third-order valence-electron chi connectivity index (χ3n) is 2.68. The highest BCUT2D eigenvalue weighted by molar-refractivity contribution is 6.30. The fourth-order valence-electron chi connectivity index (χ4n) is 1.67. The van der Waals surface area contributed by atoms with E-state index in [0.29, 0.717) is 0 Å². The number of hydrogen-bond acceptors (Lipinski definition) is 2. The van der Waals surface area contributed by atoms with E-state index in [0.717, 1.165) is 18.1 Å². The number of halogens is 1. The van der Waals surface area contributed by atoms with Gasteiger partial charge in [-0.2, -0.15) is 0 Å². The molecular weight excluding hydrogens is 232 g/mol. The fraction of sp³-hybridized carbons (Fsp3) is 0.214. The first-order valence-corrected chi connectivity index (χ1v) is 5.98. The van der Waals surface area contributed by atoms with Crippen molar-refractivity contribution < 1.29 is 0 Å². The molecule has 0 atom stereocenters. The largest absolute Gasteiger partial charge is 0.309 e. The molecule has 2 rings (SSSR count). The third kappa shape index (κ3) is 3.55.